The summed E-state index contributed by atoms with van der Waals surface area (Å²) in [6, 6.07) is 0. The van der Waals surface area contributed by atoms with Gasteiger partial charge in [-0.2, -0.15) is 0 Å². The van der Waals surface area contributed by atoms with Crippen LogP contribution < -0.4 is 0 Å². The third-order valence-corrected chi connectivity index (χ3v) is 1.34. The van der Waals surface area contributed by atoms with Gasteiger partial charge in [0.2, 0.25) is 0 Å². The maximum atomic E-state index is 13.1. The van der Waals surface area contributed by atoms with Crippen molar-refractivity contribution in [2.24, 2.45) is 0 Å². The van der Waals surface area contributed by atoms with Crippen LogP contribution >= 0.6 is 0 Å². The lowest BCUT2D eigenvalue weighted by Crippen LogP contribution is -2.35. The first-order valence-electron chi connectivity index (χ1n) is 4.76. The summed E-state index contributed by atoms with van der Waals surface area (Å²) in [7, 11) is 0. The lowest BCUT2D eigenvalue weighted by Gasteiger charge is -2.24. The van der Waals surface area contributed by atoms with E-state index in [0.717, 1.165) is 0 Å². The van der Waals surface area contributed by atoms with E-state index in [1.807, 2.05) is 0 Å². The molecule has 0 unspecified atom stereocenters. The van der Waals surface area contributed by atoms with E-state index in [4.69, 9.17) is 9.47 Å². The normalized spacial score (nSPS) is 12.8. The van der Waals surface area contributed by atoms with Crippen molar-refractivity contribution < 1.29 is 18.3 Å². The number of ether oxygens (including phenoxy) is 2. The molecule has 0 spiro atoms. The first-order valence-corrected chi connectivity index (χ1v) is 4.76. The minimum atomic E-state index is -2.91. The van der Waals surface area contributed by atoms with E-state index in [-0.39, 0.29) is 13.5 Å². The molecule has 15 heavy (non-hydrogen) atoms. The monoisotopic (exact) mass is 226 g/mol. The molecule has 0 saturated heterocycles. The maximum Gasteiger partial charge on any atom is 0.293 e. The summed E-state index contributed by atoms with van der Waals surface area (Å²) in [5, 5.41) is 0. The fraction of sp³-hybridized carbons (Fsp3) is 1.00. The molecule has 94 valence electrons. The Morgan fingerprint density at radius 3 is 1.87 bits per heavy atom. The van der Waals surface area contributed by atoms with Gasteiger partial charge in [-0.3, -0.25) is 0 Å². The predicted octanol–water partition coefficient (Wildman–Crippen LogP) is 3.50. The molecular formula is C11H24F2O2. The van der Waals surface area contributed by atoms with Crippen LogP contribution in [0.1, 0.15) is 42.0 Å². The SMILES string of the molecule is C.CC(C)OCC(F)(F)COC(C)(C)C. The predicted molar refractivity (Wildman–Crippen MR) is 58.5 cm³/mol. The lowest BCUT2D eigenvalue weighted by atomic mass is 10.2. The zero-order valence-corrected chi connectivity index (χ0v) is 9.56. The Labute approximate surface area is 92.0 Å². The number of alkyl halides is 2. The minimum Gasteiger partial charge on any atom is -0.372 e. The second-order valence-corrected chi connectivity index (χ2v) is 4.62. The quantitative estimate of drug-likeness (QED) is 0.714. The van der Waals surface area contributed by atoms with Gasteiger partial charge in [0.1, 0.15) is 13.2 Å². The summed E-state index contributed by atoms with van der Waals surface area (Å²) < 4.78 is 36.0. The topological polar surface area (TPSA) is 18.5 Å². The molecule has 0 saturated carbocycles. The van der Waals surface area contributed by atoms with E-state index < -0.39 is 24.7 Å². The number of hydrogen-bond acceptors (Lipinski definition) is 2. The van der Waals surface area contributed by atoms with Crippen molar-refractivity contribution in [3.05, 3.63) is 0 Å². The summed E-state index contributed by atoms with van der Waals surface area (Å²) in [5.74, 6) is -2.91. The second-order valence-electron chi connectivity index (χ2n) is 4.62. The summed E-state index contributed by atoms with van der Waals surface area (Å²) in [6.45, 7) is 7.50. The van der Waals surface area contributed by atoms with Crippen LogP contribution in [0.3, 0.4) is 0 Å². The van der Waals surface area contributed by atoms with Crippen molar-refractivity contribution >= 4 is 0 Å². The fourth-order valence-corrected chi connectivity index (χ4v) is 0.652. The molecule has 0 atom stereocenters. The first-order chi connectivity index (χ1) is 6.12. The Morgan fingerprint density at radius 2 is 1.53 bits per heavy atom. The molecule has 0 aromatic heterocycles. The van der Waals surface area contributed by atoms with E-state index in [1.165, 1.54) is 0 Å². The Hall–Kier alpha value is -0.220. The summed E-state index contributed by atoms with van der Waals surface area (Å²) in [4.78, 5) is 0. The molecule has 0 fully saturated rings. The first kappa shape index (κ1) is 17.2. The van der Waals surface area contributed by atoms with E-state index >= 15 is 0 Å². The van der Waals surface area contributed by atoms with Gasteiger partial charge in [-0.25, -0.2) is 8.78 Å². The van der Waals surface area contributed by atoms with Gasteiger partial charge in [0, 0.05) is 0 Å². The van der Waals surface area contributed by atoms with E-state index in [0.29, 0.717) is 0 Å². The summed E-state index contributed by atoms with van der Waals surface area (Å²) in [5.41, 5.74) is -0.540. The van der Waals surface area contributed by atoms with Crippen LogP contribution in [0.4, 0.5) is 8.78 Å². The number of halogens is 2. The molecule has 0 radical (unpaired) electrons. The van der Waals surface area contributed by atoms with Crippen molar-refractivity contribution in [1.29, 1.82) is 0 Å². The van der Waals surface area contributed by atoms with Crippen LogP contribution in [0.2, 0.25) is 0 Å². The summed E-state index contributed by atoms with van der Waals surface area (Å²) >= 11 is 0. The van der Waals surface area contributed by atoms with Gasteiger partial charge in [0.25, 0.3) is 5.92 Å². The molecule has 0 aliphatic carbocycles. The van der Waals surface area contributed by atoms with Crippen LogP contribution in [0, 0.1) is 0 Å². The molecular weight excluding hydrogens is 202 g/mol. The molecule has 0 aromatic rings. The standard InChI is InChI=1S/C10H20F2O2.CH4/c1-8(2)13-6-10(11,12)7-14-9(3,4)5;/h8H,6-7H2,1-5H3;1H4. The molecule has 0 bridgehead atoms. The molecule has 0 aromatic carbocycles. The van der Waals surface area contributed by atoms with Gasteiger partial charge in [-0.1, -0.05) is 7.43 Å². The highest BCUT2D eigenvalue weighted by atomic mass is 19.3. The van der Waals surface area contributed by atoms with E-state index in [2.05, 4.69) is 0 Å². The average molecular weight is 226 g/mol. The third-order valence-electron chi connectivity index (χ3n) is 1.34. The van der Waals surface area contributed by atoms with Crippen molar-refractivity contribution in [3.63, 3.8) is 0 Å². The van der Waals surface area contributed by atoms with Crippen molar-refractivity contribution in [1.82, 2.24) is 0 Å². The molecule has 0 amide bonds. The molecule has 0 rings (SSSR count). The lowest BCUT2D eigenvalue weighted by molar-refractivity contribution is -0.158. The van der Waals surface area contributed by atoms with Crippen molar-refractivity contribution in [2.45, 2.75) is 59.7 Å². The van der Waals surface area contributed by atoms with E-state index in [9.17, 15) is 8.78 Å². The average Bonchev–Trinajstić information content (AvgIpc) is 1.97. The molecule has 0 N–H and O–H groups in total. The highest BCUT2D eigenvalue weighted by molar-refractivity contribution is 4.68. The molecule has 2 nitrogen and oxygen atoms in total. The highest BCUT2D eigenvalue weighted by Crippen LogP contribution is 2.19. The van der Waals surface area contributed by atoms with Gasteiger partial charge in [0.15, 0.2) is 0 Å². The fourth-order valence-electron chi connectivity index (χ4n) is 0.652. The maximum absolute atomic E-state index is 13.1. The van der Waals surface area contributed by atoms with Gasteiger partial charge in [-0.15, -0.1) is 0 Å². The second kappa shape index (κ2) is 6.38. The summed E-state index contributed by atoms with van der Waals surface area (Å²) in [6.07, 6.45) is -0.185. The van der Waals surface area contributed by atoms with Crippen molar-refractivity contribution in [2.75, 3.05) is 13.2 Å². The van der Waals surface area contributed by atoms with Crippen LogP contribution in [0.5, 0.6) is 0 Å². The largest absolute Gasteiger partial charge is 0.372 e. The number of rotatable bonds is 5. The Balaban J connectivity index is 0. The van der Waals surface area contributed by atoms with Gasteiger partial charge >= 0.3 is 0 Å². The van der Waals surface area contributed by atoms with E-state index in [1.54, 1.807) is 34.6 Å². The Kier molecular flexibility index (Phi) is 7.31. The molecule has 0 heterocycles. The van der Waals surface area contributed by atoms with Gasteiger partial charge in [-0.05, 0) is 34.6 Å². The molecule has 4 heteroatoms. The Bertz CT molecular complexity index is 162. The van der Waals surface area contributed by atoms with Crippen LogP contribution in [-0.2, 0) is 9.47 Å². The number of hydrogen-bond donors (Lipinski definition) is 0. The third kappa shape index (κ3) is 11.7. The molecule has 0 aliphatic heterocycles. The minimum absolute atomic E-state index is 0. The van der Waals surface area contributed by atoms with Gasteiger partial charge < -0.3 is 9.47 Å². The van der Waals surface area contributed by atoms with Crippen LogP contribution in [0.25, 0.3) is 0 Å². The van der Waals surface area contributed by atoms with Gasteiger partial charge in [0.05, 0.1) is 11.7 Å². The zero-order chi connectivity index (χ0) is 11.4. The van der Waals surface area contributed by atoms with Crippen LogP contribution in [-0.4, -0.2) is 30.8 Å². The highest BCUT2D eigenvalue weighted by Gasteiger charge is 2.32. The van der Waals surface area contributed by atoms with Crippen molar-refractivity contribution in [3.8, 4) is 0 Å². The Morgan fingerprint density at radius 1 is 1.07 bits per heavy atom. The smallest absolute Gasteiger partial charge is 0.293 e. The molecule has 0 aliphatic rings. The zero-order valence-electron chi connectivity index (χ0n) is 9.56. The van der Waals surface area contributed by atoms with Crippen LogP contribution in [0.15, 0.2) is 0 Å².